The molecule has 3 aromatic rings. The third-order valence-electron chi connectivity index (χ3n) is 6.91. The number of carbonyl (C=O) groups excluding carboxylic acids is 2. The number of hydrogen-bond donors (Lipinski definition) is 0. The molecule has 0 bridgehead atoms. The number of sulfone groups is 1. The average Bonchev–Trinajstić information content (AvgIpc) is 2.91. The van der Waals surface area contributed by atoms with Crippen molar-refractivity contribution in [2.75, 3.05) is 11.9 Å². The van der Waals surface area contributed by atoms with Gasteiger partial charge in [0.2, 0.25) is 5.91 Å². The van der Waals surface area contributed by atoms with E-state index >= 15 is 0 Å². The summed E-state index contributed by atoms with van der Waals surface area (Å²) in [5, 5.41) is 0.580. The van der Waals surface area contributed by atoms with Gasteiger partial charge in [0, 0.05) is 5.57 Å². The molecular formula is C30H30BrClNO5PS. The number of carbonyl (C=O) groups is 2. The molecule has 0 saturated carbocycles. The topological polar surface area (TPSA) is 80.8 Å². The van der Waals surface area contributed by atoms with Gasteiger partial charge in [-0.15, -0.1) is 11.6 Å². The largest absolute Gasteiger partial charge is 1.00 e. The van der Waals surface area contributed by atoms with E-state index in [2.05, 4.69) is 0 Å². The fourth-order valence-corrected chi connectivity index (χ4v) is 12.4. The Bertz CT molecular complexity index is 1450. The van der Waals surface area contributed by atoms with Crippen molar-refractivity contribution in [2.24, 2.45) is 0 Å². The lowest BCUT2D eigenvalue weighted by atomic mass is 10.1. The average molecular weight is 663 g/mol. The molecule has 0 aromatic heterocycles. The molecule has 5 rings (SSSR count). The Labute approximate surface area is 251 Å². The van der Waals surface area contributed by atoms with Crippen LogP contribution in [0.4, 0.5) is 0 Å². The van der Waals surface area contributed by atoms with E-state index in [1.54, 1.807) is 20.8 Å². The number of ether oxygens (including phenoxy) is 1. The van der Waals surface area contributed by atoms with Crippen LogP contribution in [0.1, 0.15) is 20.8 Å². The minimum Gasteiger partial charge on any atom is -1.00 e. The maximum absolute atomic E-state index is 13.7. The normalized spacial score (nSPS) is 20.2. The van der Waals surface area contributed by atoms with Gasteiger partial charge in [-0.1, -0.05) is 54.6 Å². The number of β-lactam (4-membered cyclic amide) rings is 1. The first kappa shape index (κ1) is 30.4. The molecule has 0 aliphatic carbocycles. The predicted octanol–water partition coefficient (Wildman–Crippen LogP) is 0.784. The molecule has 0 radical (unpaired) electrons. The first-order chi connectivity index (χ1) is 18.5. The van der Waals surface area contributed by atoms with Crippen molar-refractivity contribution >= 4 is 56.5 Å². The molecule has 0 N–H and O–H groups in total. The lowest BCUT2D eigenvalue weighted by Crippen LogP contribution is -3.00. The van der Waals surface area contributed by atoms with Crippen LogP contribution in [-0.2, 0) is 24.2 Å². The van der Waals surface area contributed by atoms with Crippen molar-refractivity contribution in [1.29, 1.82) is 0 Å². The number of rotatable bonds is 6. The molecule has 2 heterocycles. The second kappa shape index (κ2) is 11.4. The third-order valence-corrected chi connectivity index (χ3v) is 13.8. The highest BCUT2D eigenvalue weighted by molar-refractivity contribution is 7.96. The molecule has 0 spiro atoms. The molecule has 10 heteroatoms. The zero-order valence-corrected chi connectivity index (χ0v) is 26.4. The van der Waals surface area contributed by atoms with Crippen LogP contribution in [-0.4, -0.2) is 53.5 Å². The van der Waals surface area contributed by atoms with Gasteiger partial charge in [0.05, 0.1) is 11.9 Å². The van der Waals surface area contributed by atoms with Gasteiger partial charge in [-0.25, -0.2) is 13.2 Å². The summed E-state index contributed by atoms with van der Waals surface area (Å²) in [6, 6.07) is 29.9. The number of fused-ring (bicyclic) bond motifs is 1. The second-order valence-electron chi connectivity index (χ2n) is 10.7. The number of esters is 1. The Morgan fingerprint density at radius 1 is 0.900 bits per heavy atom. The predicted molar refractivity (Wildman–Crippen MR) is 157 cm³/mol. The minimum absolute atomic E-state index is 0. The highest BCUT2D eigenvalue weighted by Gasteiger charge is 2.61. The van der Waals surface area contributed by atoms with Gasteiger partial charge in [0.15, 0.2) is 15.2 Å². The molecule has 1 fully saturated rings. The summed E-state index contributed by atoms with van der Waals surface area (Å²) in [6.07, 6.45) is 0.238. The molecule has 2 aliphatic heterocycles. The first-order valence-electron chi connectivity index (χ1n) is 12.6. The summed E-state index contributed by atoms with van der Waals surface area (Å²) in [6.45, 7) is 5.21. The Balaban J connectivity index is 0.00000370. The first-order valence-corrected chi connectivity index (χ1v) is 16.8. The Kier molecular flexibility index (Phi) is 8.68. The number of benzene rings is 3. The fraction of sp³-hybridized carbons (Fsp3) is 0.267. The summed E-state index contributed by atoms with van der Waals surface area (Å²) < 4.78 is 32.7. The van der Waals surface area contributed by atoms with E-state index in [4.69, 9.17) is 16.3 Å². The van der Waals surface area contributed by atoms with Crippen molar-refractivity contribution in [1.82, 2.24) is 4.90 Å². The highest BCUT2D eigenvalue weighted by Crippen LogP contribution is 2.58. The number of alkyl halides is 1. The van der Waals surface area contributed by atoms with Crippen LogP contribution in [0, 0.1) is 0 Å². The maximum atomic E-state index is 13.7. The van der Waals surface area contributed by atoms with Crippen LogP contribution in [0.2, 0.25) is 0 Å². The van der Waals surface area contributed by atoms with Crippen LogP contribution >= 0.6 is 18.9 Å². The van der Waals surface area contributed by atoms with Crippen molar-refractivity contribution in [3.63, 3.8) is 0 Å². The van der Waals surface area contributed by atoms with E-state index in [9.17, 15) is 18.0 Å². The molecule has 210 valence electrons. The molecule has 40 heavy (non-hydrogen) atoms. The van der Waals surface area contributed by atoms with Gasteiger partial charge in [-0.3, -0.25) is 9.69 Å². The summed E-state index contributed by atoms with van der Waals surface area (Å²) in [5.41, 5.74) is -0.485. The molecule has 2 atom stereocenters. The van der Waals surface area contributed by atoms with E-state index in [-0.39, 0.29) is 34.6 Å². The fourth-order valence-electron chi connectivity index (χ4n) is 5.32. The number of amides is 1. The standard InChI is InChI=1S/C30H30ClNO5PS.BrH/c1-30(2,3)37-29(34)26-21(20-39(35,36)28-25(31)27(33)32(26)28)19-38(22-13-7-4-8-14-22,23-15-9-5-10-16-23)24-17-11-6-12-18-24;/h4-18,25,28H,19-20H2,1-3H3;1H/q+1;/p-1/t25-,28+;/m0./s1. The number of halogens is 2. The van der Waals surface area contributed by atoms with Crippen molar-refractivity contribution < 1.29 is 39.7 Å². The second-order valence-corrected chi connectivity index (χ2v) is 16.8. The Morgan fingerprint density at radius 3 is 1.73 bits per heavy atom. The molecule has 6 nitrogen and oxygen atoms in total. The molecule has 3 aromatic carbocycles. The lowest BCUT2D eigenvalue weighted by Gasteiger charge is -2.47. The van der Waals surface area contributed by atoms with E-state index < -0.39 is 45.3 Å². The van der Waals surface area contributed by atoms with Crippen molar-refractivity contribution in [2.45, 2.75) is 37.1 Å². The zero-order chi connectivity index (χ0) is 28.0. The smallest absolute Gasteiger partial charge is 0.355 e. The van der Waals surface area contributed by atoms with Gasteiger partial charge in [-0.05, 0) is 57.2 Å². The Hall–Kier alpha value is -2.51. The van der Waals surface area contributed by atoms with Crippen molar-refractivity contribution in [3.05, 3.63) is 102 Å². The number of nitrogens with zero attached hydrogens (tertiary/aromatic N) is 1. The molecule has 1 saturated heterocycles. The van der Waals surface area contributed by atoms with Crippen molar-refractivity contribution in [3.8, 4) is 0 Å². The molecular weight excluding hydrogens is 633 g/mol. The zero-order valence-electron chi connectivity index (χ0n) is 22.3. The summed E-state index contributed by atoms with van der Waals surface area (Å²) in [5.74, 6) is -1.71. The van der Waals surface area contributed by atoms with Crippen LogP contribution in [0.3, 0.4) is 0 Å². The molecule has 1 amide bonds. The molecule has 2 aliphatic rings. The highest BCUT2D eigenvalue weighted by atomic mass is 79.9. The minimum atomic E-state index is -3.86. The van der Waals surface area contributed by atoms with Crippen LogP contribution in [0.5, 0.6) is 0 Å². The Morgan fingerprint density at radius 2 is 1.32 bits per heavy atom. The summed E-state index contributed by atoms with van der Waals surface area (Å²) in [4.78, 5) is 27.7. The van der Waals surface area contributed by atoms with E-state index in [1.165, 1.54) is 0 Å². The van der Waals surface area contributed by atoms with Gasteiger partial charge in [-0.2, -0.15) is 0 Å². The van der Waals surface area contributed by atoms with Gasteiger partial charge >= 0.3 is 5.97 Å². The van der Waals surface area contributed by atoms with Crippen LogP contribution in [0.25, 0.3) is 0 Å². The van der Waals surface area contributed by atoms with Gasteiger partial charge < -0.3 is 21.7 Å². The summed E-state index contributed by atoms with van der Waals surface area (Å²) in [7, 11) is -6.42. The maximum Gasteiger partial charge on any atom is 0.355 e. The van der Waals surface area contributed by atoms with Crippen LogP contribution < -0.4 is 32.9 Å². The van der Waals surface area contributed by atoms with Crippen LogP contribution in [0.15, 0.2) is 102 Å². The monoisotopic (exact) mass is 661 g/mol. The number of hydrogen-bond acceptors (Lipinski definition) is 5. The quantitative estimate of drug-likeness (QED) is 0.169. The summed E-state index contributed by atoms with van der Waals surface area (Å²) >= 11 is 6.19. The van der Waals surface area contributed by atoms with E-state index in [0.29, 0.717) is 5.57 Å². The SMILES string of the molecule is CC(C)(C)OC(=O)C1=C(C[P+](c2ccccc2)(c2ccccc2)c2ccccc2)CS(=O)(=O)[C@@H]2[C@@H](Cl)C(=O)N12.[Br-]. The van der Waals surface area contributed by atoms with E-state index in [1.807, 2.05) is 91.0 Å². The molecule has 0 unspecified atom stereocenters. The van der Waals surface area contributed by atoms with E-state index in [0.717, 1.165) is 20.8 Å². The third kappa shape index (κ3) is 5.39. The lowest BCUT2D eigenvalue weighted by molar-refractivity contribution is -0.157. The van der Waals surface area contributed by atoms with Gasteiger partial charge in [0.1, 0.15) is 39.9 Å². The van der Waals surface area contributed by atoms with Gasteiger partial charge in [0.25, 0.3) is 0 Å².